The van der Waals surface area contributed by atoms with E-state index in [4.69, 9.17) is 4.74 Å². The summed E-state index contributed by atoms with van der Waals surface area (Å²) in [5.74, 6) is 0.832. The molecule has 2 heterocycles. The first-order chi connectivity index (χ1) is 15.2. The van der Waals surface area contributed by atoms with Gasteiger partial charge in [-0.2, -0.15) is 0 Å². The lowest BCUT2D eigenvalue weighted by atomic mass is 9.99. The summed E-state index contributed by atoms with van der Waals surface area (Å²) in [6.45, 7) is 10.8. The number of ether oxygens (including phenoxy) is 1. The van der Waals surface area contributed by atoms with Crippen LogP contribution < -0.4 is 5.32 Å². The average molecular weight is 422 g/mol. The molecule has 2 aliphatic heterocycles. The van der Waals surface area contributed by atoms with E-state index in [0.29, 0.717) is 6.54 Å². The second kappa shape index (κ2) is 10.9. The minimum atomic E-state index is -0.0178. The molecule has 4 rings (SSSR count). The van der Waals surface area contributed by atoms with Gasteiger partial charge in [0.25, 0.3) is 5.91 Å². The number of amides is 1. The standard InChI is InChI=1S/C26H35N3O2/c1-21-10-12-28(13-11-21)19-24-6-8-25(9-7-24)26(30)27-18-22-2-4-23(5-3-22)20-29-14-16-31-17-15-29/h2-9,21H,10-20H2,1H3,(H,27,30). The first-order valence-electron chi connectivity index (χ1n) is 11.6. The molecule has 5 nitrogen and oxygen atoms in total. The number of piperidine rings is 1. The summed E-state index contributed by atoms with van der Waals surface area (Å²) in [5.41, 5.74) is 4.42. The molecule has 31 heavy (non-hydrogen) atoms. The summed E-state index contributed by atoms with van der Waals surface area (Å²) >= 11 is 0. The number of hydrogen-bond acceptors (Lipinski definition) is 4. The molecule has 0 aliphatic carbocycles. The molecule has 1 amide bonds. The van der Waals surface area contributed by atoms with Crippen LogP contribution in [0.3, 0.4) is 0 Å². The fraction of sp³-hybridized carbons (Fsp3) is 0.500. The fourth-order valence-corrected chi connectivity index (χ4v) is 4.30. The number of rotatable bonds is 7. The highest BCUT2D eigenvalue weighted by Gasteiger charge is 2.16. The van der Waals surface area contributed by atoms with E-state index in [0.717, 1.165) is 56.4 Å². The monoisotopic (exact) mass is 421 g/mol. The van der Waals surface area contributed by atoms with Crippen LogP contribution >= 0.6 is 0 Å². The van der Waals surface area contributed by atoms with Crippen LogP contribution in [0.15, 0.2) is 48.5 Å². The van der Waals surface area contributed by atoms with Crippen molar-refractivity contribution in [2.75, 3.05) is 39.4 Å². The largest absolute Gasteiger partial charge is 0.379 e. The molecular weight excluding hydrogens is 386 g/mol. The van der Waals surface area contributed by atoms with Crippen molar-refractivity contribution in [3.8, 4) is 0 Å². The predicted molar refractivity (Wildman–Crippen MR) is 124 cm³/mol. The van der Waals surface area contributed by atoms with Gasteiger partial charge in [-0.25, -0.2) is 0 Å². The Kier molecular flexibility index (Phi) is 7.73. The summed E-state index contributed by atoms with van der Waals surface area (Å²) in [4.78, 5) is 17.5. The van der Waals surface area contributed by atoms with Gasteiger partial charge in [0.15, 0.2) is 0 Å². The van der Waals surface area contributed by atoms with E-state index in [1.165, 1.54) is 37.1 Å². The molecule has 0 spiro atoms. The van der Waals surface area contributed by atoms with Crippen LogP contribution in [0.25, 0.3) is 0 Å². The van der Waals surface area contributed by atoms with Crippen LogP contribution in [0.4, 0.5) is 0 Å². The minimum Gasteiger partial charge on any atom is -0.379 e. The Bertz CT molecular complexity index is 821. The van der Waals surface area contributed by atoms with Crippen molar-refractivity contribution < 1.29 is 9.53 Å². The van der Waals surface area contributed by atoms with Crippen LogP contribution in [0.2, 0.25) is 0 Å². The van der Waals surface area contributed by atoms with Crippen molar-refractivity contribution in [2.24, 2.45) is 5.92 Å². The Labute approximate surface area is 186 Å². The number of hydrogen-bond donors (Lipinski definition) is 1. The van der Waals surface area contributed by atoms with Gasteiger partial charge in [0.05, 0.1) is 13.2 Å². The number of nitrogens with zero attached hydrogens (tertiary/aromatic N) is 2. The quantitative estimate of drug-likeness (QED) is 0.741. The Morgan fingerprint density at radius 3 is 1.97 bits per heavy atom. The average Bonchev–Trinajstić information content (AvgIpc) is 2.81. The van der Waals surface area contributed by atoms with Crippen LogP contribution in [0, 0.1) is 5.92 Å². The highest BCUT2D eigenvalue weighted by molar-refractivity contribution is 5.94. The third kappa shape index (κ3) is 6.63. The SMILES string of the molecule is CC1CCN(Cc2ccc(C(=O)NCc3ccc(CN4CCOCC4)cc3)cc2)CC1. The van der Waals surface area contributed by atoms with Crippen LogP contribution in [0.1, 0.15) is 46.8 Å². The molecule has 5 heteroatoms. The molecule has 2 aliphatic rings. The van der Waals surface area contributed by atoms with Crippen molar-refractivity contribution in [1.29, 1.82) is 0 Å². The highest BCUT2D eigenvalue weighted by Crippen LogP contribution is 2.18. The Morgan fingerprint density at radius 1 is 0.839 bits per heavy atom. The lowest BCUT2D eigenvalue weighted by Crippen LogP contribution is -2.35. The molecule has 2 aromatic carbocycles. The molecule has 166 valence electrons. The molecule has 0 bridgehead atoms. The maximum atomic E-state index is 12.5. The molecule has 0 saturated carbocycles. The Hall–Kier alpha value is -2.21. The summed E-state index contributed by atoms with van der Waals surface area (Å²) in [6, 6.07) is 16.6. The zero-order chi connectivity index (χ0) is 21.5. The first-order valence-corrected chi connectivity index (χ1v) is 11.6. The molecule has 0 atom stereocenters. The molecule has 1 N–H and O–H groups in total. The van der Waals surface area contributed by atoms with Crippen molar-refractivity contribution >= 4 is 5.91 Å². The summed E-state index contributed by atoms with van der Waals surface area (Å²) in [7, 11) is 0. The van der Waals surface area contributed by atoms with Gasteiger partial charge in [0.2, 0.25) is 0 Å². The topological polar surface area (TPSA) is 44.8 Å². The predicted octanol–water partition coefficient (Wildman–Crippen LogP) is 3.68. The third-order valence-corrected chi connectivity index (χ3v) is 6.48. The van der Waals surface area contributed by atoms with E-state index >= 15 is 0 Å². The van der Waals surface area contributed by atoms with E-state index < -0.39 is 0 Å². The van der Waals surface area contributed by atoms with Crippen LogP contribution in [-0.4, -0.2) is 55.1 Å². The van der Waals surface area contributed by atoms with Gasteiger partial charge in [-0.3, -0.25) is 14.6 Å². The molecule has 2 saturated heterocycles. The lowest BCUT2D eigenvalue weighted by Gasteiger charge is -2.30. The first kappa shape index (κ1) is 22.0. The molecule has 0 unspecified atom stereocenters. The van der Waals surface area contributed by atoms with Crippen molar-refractivity contribution in [2.45, 2.75) is 39.4 Å². The maximum absolute atomic E-state index is 12.5. The number of benzene rings is 2. The molecule has 0 radical (unpaired) electrons. The number of morpholine rings is 1. The van der Waals surface area contributed by atoms with Gasteiger partial charge in [-0.15, -0.1) is 0 Å². The Balaban J connectivity index is 1.22. The third-order valence-electron chi connectivity index (χ3n) is 6.48. The van der Waals surface area contributed by atoms with Gasteiger partial charge >= 0.3 is 0 Å². The molecule has 2 aromatic rings. The molecule has 2 fully saturated rings. The number of likely N-dealkylation sites (tertiary alicyclic amines) is 1. The summed E-state index contributed by atoms with van der Waals surface area (Å²) in [5, 5.41) is 3.05. The van der Waals surface area contributed by atoms with Crippen molar-refractivity contribution in [3.63, 3.8) is 0 Å². The molecular formula is C26H35N3O2. The maximum Gasteiger partial charge on any atom is 0.251 e. The van der Waals surface area contributed by atoms with Gasteiger partial charge in [0.1, 0.15) is 0 Å². The van der Waals surface area contributed by atoms with E-state index in [1.807, 2.05) is 12.1 Å². The zero-order valence-corrected chi connectivity index (χ0v) is 18.7. The lowest BCUT2D eigenvalue weighted by molar-refractivity contribution is 0.0342. The number of carbonyl (C=O) groups is 1. The smallest absolute Gasteiger partial charge is 0.251 e. The van der Waals surface area contributed by atoms with Crippen molar-refractivity contribution in [3.05, 3.63) is 70.8 Å². The summed E-state index contributed by atoms with van der Waals surface area (Å²) in [6.07, 6.45) is 2.57. The number of carbonyl (C=O) groups excluding carboxylic acids is 1. The number of nitrogens with one attached hydrogen (secondary N) is 1. The van der Waals surface area contributed by atoms with E-state index in [-0.39, 0.29) is 5.91 Å². The second-order valence-corrected chi connectivity index (χ2v) is 9.04. The van der Waals surface area contributed by atoms with Gasteiger partial charge < -0.3 is 10.1 Å². The highest BCUT2D eigenvalue weighted by atomic mass is 16.5. The summed E-state index contributed by atoms with van der Waals surface area (Å²) < 4.78 is 5.41. The second-order valence-electron chi connectivity index (χ2n) is 9.04. The van der Waals surface area contributed by atoms with Crippen LogP contribution in [-0.2, 0) is 24.4 Å². The fourth-order valence-electron chi connectivity index (χ4n) is 4.30. The van der Waals surface area contributed by atoms with Crippen LogP contribution in [0.5, 0.6) is 0 Å². The molecule has 0 aromatic heterocycles. The minimum absolute atomic E-state index is 0.0178. The van der Waals surface area contributed by atoms with Gasteiger partial charge in [-0.1, -0.05) is 43.3 Å². The Morgan fingerprint density at radius 2 is 1.35 bits per heavy atom. The van der Waals surface area contributed by atoms with E-state index in [9.17, 15) is 4.79 Å². The van der Waals surface area contributed by atoms with E-state index in [1.54, 1.807) is 0 Å². The van der Waals surface area contributed by atoms with Gasteiger partial charge in [0, 0.05) is 38.3 Å². The van der Waals surface area contributed by atoms with E-state index in [2.05, 4.69) is 58.4 Å². The zero-order valence-electron chi connectivity index (χ0n) is 18.7. The van der Waals surface area contributed by atoms with Crippen molar-refractivity contribution in [1.82, 2.24) is 15.1 Å². The van der Waals surface area contributed by atoms with Gasteiger partial charge in [-0.05, 0) is 60.7 Å². The normalized spacial score (nSPS) is 18.7.